The van der Waals surface area contributed by atoms with E-state index in [2.05, 4.69) is 20.8 Å². The second-order valence-corrected chi connectivity index (χ2v) is 5.49. The van der Waals surface area contributed by atoms with Gasteiger partial charge in [-0.2, -0.15) is 0 Å². The van der Waals surface area contributed by atoms with E-state index in [1.807, 2.05) is 0 Å². The number of rotatable bonds is 11. The first-order valence-electron chi connectivity index (χ1n) is 7.24. The maximum atomic E-state index is 11.8. The summed E-state index contributed by atoms with van der Waals surface area (Å²) in [6.07, 6.45) is 6.86. The van der Waals surface area contributed by atoms with Gasteiger partial charge >= 0.3 is 5.97 Å². The predicted molar refractivity (Wildman–Crippen MR) is 73.6 cm³/mol. The van der Waals surface area contributed by atoms with E-state index in [1.165, 1.54) is 0 Å². The summed E-state index contributed by atoms with van der Waals surface area (Å²) in [5.74, 6) is -1.22. The van der Waals surface area contributed by atoms with Gasteiger partial charge in [0.05, 0.1) is 0 Å². The number of carboxylic acids is 1. The van der Waals surface area contributed by atoms with Crippen molar-refractivity contribution in [2.75, 3.05) is 0 Å². The van der Waals surface area contributed by atoms with Crippen LogP contribution in [0.5, 0.6) is 0 Å². The smallest absolute Gasteiger partial charge is 0.314 e. The van der Waals surface area contributed by atoms with Crippen LogP contribution < -0.4 is 0 Å². The lowest BCUT2D eigenvalue weighted by atomic mass is 9.92. The molecule has 0 bridgehead atoms. The van der Waals surface area contributed by atoms with Gasteiger partial charge in [0.1, 0.15) is 11.7 Å². The SMILES string of the molecule is CCCCCCC(C(=O)O)C(=O)CCCC(C)C. The number of unbranched alkanes of at least 4 members (excludes halogenated alkanes) is 3. The number of carboxylic acid groups (broad SMARTS) is 1. The molecule has 106 valence electrons. The topological polar surface area (TPSA) is 54.4 Å². The molecule has 0 saturated heterocycles. The number of carbonyl (C=O) groups excluding carboxylic acids is 1. The molecule has 0 fully saturated rings. The predicted octanol–water partition coefficient (Wildman–Crippen LogP) is 4.05. The molecule has 0 radical (unpaired) electrons. The van der Waals surface area contributed by atoms with Crippen molar-refractivity contribution in [2.45, 2.75) is 72.1 Å². The zero-order chi connectivity index (χ0) is 14.0. The highest BCUT2D eigenvalue weighted by atomic mass is 16.4. The molecule has 1 atom stereocenters. The van der Waals surface area contributed by atoms with Gasteiger partial charge in [0.15, 0.2) is 0 Å². The Morgan fingerprint density at radius 1 is 1.00 bits per heavy atom. The van der Waals surface area contributed by atoms with Gasteiger partial charge in [0, 0.05) is 6.42 Å². The second-order valence-electron chi connectivity index (χ2n) is 5.49. The third kappa shape index (κ3) is 8.26. The van der Waals surface area contributed by atoms with Gasteiger partial charge in [0.25, 0.3) is 0 Å². The summed E-state index contributed by atoms with van der Waals surface area (Å²) in [5.41, 5.74) is 0. The Bertz CT molecular complexity index is 246. The van der Waals surface area contributed by atoms with E-state index in [4.69, 9.17) is 5.11 Å². The maximum Gasteiger partial charge on any atom is 0.314 e. The van der Waals surface area contributed by atoms with Crippen LogP contribution >= 0.6 is 0 Å². The van der Waals surface area contributed by atoms with Crippen LogP contribution in [0.15, 0.2) is 0 Å². The summed E-state index contributed by atoms with van der Waals surface area (Å²) in [4.78, 5) is 22.9. The number of carbonyl (C=O) groups is 2. The van der Waals surface area contributed by atoms with E-state index in [0.717, 1.165) is 38.5 Å². The molecule has 3 nitrogen and oxygen atoms in total. The Morgan fingerprint density at radius 2 is 1.67 bits per heavy atom. The van der Waals surface area contributed by atoms with Crippen LogP contribution in [0.25, 0.3) is 0 Å². The van der Waals surface area contributed by atoms with Crippen LogP contribution in [-0.2, 0) is 9.59 Å². The quantitative estimate of drug-likeness (QED) is 0.448. The minimum atomic E-state index is -0.943. The van der Waals surface area contributed by atoms with E-state index in [-0.39, 0.29) is 5.78 Å². The van der Waals surface area contributed by atoms with Gasteiger partial charge in [-0.15, -0.1) is 0 Å². The van der Waals surface area contributed by atoms with Crippen molar-refractivity contribution in [3.8, 4) is 0 Å². The van der Waals surface area contributed by atoms with Crippen molar-refractivity contribution >= 4 is 11.8 Å². The second kappa shape index (κ2) is 10.1. The molecule has 0 spiro atoms. The number of hydrogen-bond acceptors (Lipinski definition) is 2. The molecule has 1 unspecified atom stereocenters. The molecule has 0 heterocycles. The first-order chi connectivity index (χ1) is 8.49. The molecule has 18 heavy (non-hydrogen) atoms. The Balaban J connectivity index is 3.99. The summed E-state index contributed by atoms with van der Waals surface area (Å²) in [5, 5.41) is 9.09. The Kier molecular flexibility index (Phi) is 9.62. The van der Waals surface area contributed by atoms with Gasteiger partial charge in [-0.1, -0.05) is 52.9 Å². The molecule has 0 saturated carbocycles. The molecule has 0 aromatic rings. The average Bonchev–Trinajstić information content (AvgIpc) is 2.27. The van der Waals surface area contributed by atoms with Gasteiger partial charge in [0.2, 0.25) is 0 Å². The van der Waals surface area contributed by atoms with E-state index >= 15 is 0 Å². The highest BCUT2D eigenvalue weighted by Crippen LogP contribution is 2.16. The Morgan fingerprint density at radius 3 is 2.17 bits per heavy atom. The minimum absolute atomic E-state index is 0.0837. The average molecular weight is 256 g/mol. The molecule has 0 amide bonds. The number of hydrogen-bond donors (Lipinski definition) is 1. The lowest BCUT2D eigenvalue weighted by Gasteiger charge is -2.11. The summed E-state index contributed by atoms with van der Waals surface area (Å²) < 4.78 is 0. The van der Waals surface area contributed by atoms with Crippen LogP contribution in [0.3, 0.4) is 0 Å². The van der Waals surface area contributed by atoms with Gasteiger partial charge in [-0.25, -0.2) is 0 Å². The Hall–Kier alpha value is -0.860. The molecular weight excluding hydrogens is 228 g/mol. The number of Topliss-reactive ketones (excluding diaryl/α,β-unsaturated/α-hetero) is 1. The van der Waals surface area contributed by atoms with Crippen LogP contribution in [-0.4, -0.2) is 16.9 Å². The van der Waals surface area contributed by atoms with Crippen LogP contribution in [0.4, 0.5) is 0 Å². The summed E-state index contributed by atoms with van der Waals surface area (Å²) in [7, 11) is 0. The maximum absolute atomic E-state index is 11.8. The van der Waals surface area contributed by atoms with Crippen molar-refractivity contribution < 1.29 is 14.7 Å². The highest BCUT2D eigenvalue weighted by Gasteiger charge is 2.24. The highest BCUT2D eigenvalue weighted by molar-refractivity contribution is 5.98. The summed E-state index contributed by atoms with van der Waals surface area (Å²) >= 11 is 0. The van der Waals surface area contributed by atoms with Gasteiger partial charge in [-0.3, -0.25) is 9.59 Å². The standard InChI is InChI=1S/C15H28O3/c1-4-5-6-7-10-13(15(17)18)14(16)11-8-9-12(2)3/h12-13H,4-11H2,1-3H3,(H,17,18). The van der Waals surface area contributed by atoms with Crippen molar-refractivity contribution in [3.05, 3.63) is 0 Å². The molecule has 0 aromatic carbocycles. The van der Waals surface area contributed by atoms with E-state index in [0.29, 0.717) is 18.8 Å². The third-order valence-electron chi connectivity index (χ3n) is 3.24. The van der Waals surface area contributed by atoms with E-state index in [9.17, 15) is 9.59 Å². The molecule has 0 aromatic heterocycles. The molecule has 0 aliphatic carbocycles. The van der Waals surface area contributed by atoms with Crippen molar-refractivity contribution in [1.82, 2.24) is 0 Å². The molecule has 3 heteroatoms. The molecule has 0 aliphatic heterocycles. The number of ketones is 1. The first kappa shape index (κ1) is 17.1. The Labute approximate surface area is 111 Å². The van der Waals surface area contributed by atoms with Crippen molar-refractivity contribution in [1.29, 1.82) is 0 Å². The molecule has 0 aliphatic rings. The minimum Gasteiger partial charge on any atom is -0.481 e. The third-order valence-corrected chi connectivity index (χ3v) is 3.24. The number of aliphatic carboxylic acids is 1. The lowest BCUT2D eigenvalue weighted by molar-refractivity contribution is -0.146. The van der Waals surface area contributed by atoms with E-state index < -0.39 is 11.9 Å². The largest absolute Gasteiger partial charge is 0.481 e. The lowest BCUT2D eigenvalue weighted by Crippen LogP contribution is -2.23. The summed E-state index contributed by atoms with van der Waals surface area (Å²) in [6.45, 7) is 6.35. The molecule has 0 rings (SSSR count). The fraction of sp³-hybridized carbons (Fsp3) is 0.867. The van der Waals surface area contributed by atoms with Gasteiger partial charge in [-0.05, 0) is 18.8 Å². The van der Waals surface area contributed by atoms with Crippen LogP contribution in [0, 0.1) is 11.8 Å². The van der Waals surface area contributed by atoms with Gasteiger partial charge < -0.3 is 5.11 Å². The monoisotopic (exact) mass is 256 g/mol. The summed E-state index contributed by atoms with van der Waals surface area (Å²) in [6, 6.07) is 0. The normalized spacial score (nSPS) is 12.7. The zero-order valence-corrected chi connectivity index (χ0v) is 12.1. The fourth-order valence-electron chi connectivity index (χ4n) is 2.06. The van der Waals surface area contributed by atoms with Crippen molar-refractivity contribution in [2.24, 2.45) is 11.8 Å². The van der Waals surface area contributed by atoms with Crippen LogP contribution in [0.1, 0.15) is 72.1 Å². The fourth-order valence-corrected chi connectivity index (χ4v) is 2.06. The molecule has 1 N–H and O–H groups in total. The van der Waals surface area contributed by atoms with Crippen LogP contribution in [0.2, 0.25) is 0 Å². The molecular formula is C15H28O3. The first-order valence-corrected chi connectivity index (χ1v) is 7.24. The van der Waals surface area contributed by atoms with E-state index in [1.54, 1.807) is 0 Å². The zero-order valence-electron chi connectivity index (χ0n) is 12.1. The van der Waals surface area contributed by atoms with Crippen molar-refractivity contribution in [3.63, 3.8) is 0 Å².